The number of carbonyl (C=O) groups is 1. The standard InChI is InChI=1S/C12H25N3O2/c1-17-9-5-14-10-11-2-6-15(7-3-11)8-4-12(13)16/h11,14H,2-10H2,1H3,(H2,13,16). The highest BCUT2D eigenvalue weighted by atomic mass is 16.5. The van der Waals surface area contributed by atoms with E-state index in [4.69, 9.17) is 10.5 Å². The van der Waals surface area contributed by atoms with Gasteiger partial charge in [0.2, 0.25) is 5.91 Å². The molecule has 1 aliphatic rings. The van der Waals surface area contributed by atoms with Crippen LogP contribution >= 0.6 is 0 Å². The molecule has 0 aromatic carbocycles. The minimum absolute atomic E-state index is 0.201. The molecular weight excluding hydrogens is 218 g/mol. The molecule has 0 spiro atoms. The lowest BCUT2D eigenvalue weighted by Crippen LogP contribution is -2.39. The summed E-state index contributed by atoms with van der Waals surface area (Å²) in [7, 11) is 1.72. The number of hydrogen-bond donors (Lipinski definition) is 2. The van der Waals surface area contributed by atoms with Crippen molar-refractivity contribution in [3.63, 3.8) is 0 Å². The van der Waals surface area contributed by atoms with E-state index in [-0.39, 0.29) is 5.91 Å². The predicted molar refractivity (Wildman–Crippen MR) is 67.7 cm³/mol. The highest BCUT2D eigenvalue weighted by Crippen LogP contribution is 2.16. The number of ether oxygens (including phenoxy) is 1. The van der Waals surface area contributed by atoms with E-state index in [1.54, 1.807) is 7.11 Å². The van der Waals surface area contributed by atoms with E-state index in [2.05, 4.69) is 10.2 Å². The number of likely N-dealkylation sites (tertiary alicyclic amines) is 1. The zero-order chi connectivity index (χ0) is 12.5. The van der Waals surface area contributed by atoms with Crippen LogP contribution in [0.25, 0.3) is 0 Å². The van der Waals surface area contributed by atoms with Crippen LogP contribution in [0.5, 0.6) is 0 Å². The number of rotatable bonds is 8. The van der Waals surface area contributed by atoms with E-state index < -0.39 is 0 Å². The summed E-state index contributed by atoms with van der Waals surface area (Å²) in [5, 5.41) is 3.40. The van der Waals surface area contributed by atoms with E-state index in [1.807, 2.05) is 0 Å². The van der Waals surface area contributed by atoms with Crippen molar-refractivity contribution in [2.75, 3.05) is 46.4 Å². The number of methoxy groups -OCH3 is 1. The Labute approximate surface area is 104 Å². The predicted octanol–water partition coefficient (Wildman–Crippen LogP) is -0.190. The molecule has 0 aliphatic carbocycles. The highest BCUT2D eigenvalue weighted by molar-refractivity contribution is 5.73. The Hall–Kier alpha value is -0.650. The number of hydrogen-bond acceptors (Lipinski definition) is 4. The van der Waals surface area contributed by atoms with Crippen molar-refractivity contribution in [3.05, 3.63) is 0 Å². The molecule has 0 radical (unpaired) electrons. The van der Waals surface area contributed by atoms with Crippen LogP contribution in [-0.4, -0.2) is 57.2 Å². The summed E-state index contributed by atoms with van der Waals surface area (Å²) >= 11 is 0. The van der Waals surface area contributed by atoms with E-state index in [9.17, 15) is 4.79 Å². The van der Waals surface area contributed by atoms with E-state index in [0.717, 1.165) is 45.2 Å². The van der Waals surface area contributed by atoms with Crippen LogP contribution in [-0.2, 0) is 9.53 Å². The van der Waals surface area contributed by atoms with Crippen molar-refractivity contribution in [1.29, 1.82) is 0 Å². The van der Waals surface area contributed by atoms with Gasteiger partial charge >= 0.3 is 0 Å². The minimum Gasteiger partial charge on any atom is -0.383 e. The van der Waals surface area contributed by atoms with Gasteiger partial charge in [-0.1, -0.05) is 0 Å². The van der Waals surface area contributed by atoms with E-state index in [0.29, 0.717) is 6.42 Å². The first kappa shape index (κ1) is 14.4. The second-order valence-electron chi connectivity index (χ2n) is 4.70. The molecule has 1 aliphatic heterocycles. The lowest BCUT2D eigenvalue weighted by molar-refractivity contribution is -0.118. The lowest BCUT2D eigenvalue weighted by atomic mass is 9.96. The summed E-state index contributed by atoms with van der Waals surface area (Å²) in [4.78, 5) is 13.0. The van der Waals surface area contributed by atoms with Gasteiger partial charge in [-0.05, 0) is 38.4 Å². The number of amides is 1. The molecule has 1 heterocycles. The van der Waals surface area contributed by atoms with Gasteiger partial charge in [0.05, 0.1) is 6.61 Å². The molecule has 3 N–H and O–H groups in total. The second kappa shape index (κ2) is 8.44. The van der Waals surface area contributed by atoms with Crippen molar-refractivity contribution >= 4 is 5.91 Å². The maximum atomic E-state index is 10.7. The molecule has 1 rings (SSSR count). The molecule has 0 aromatic rings. The average molecular weight is 243 g/mol. The van der Waals surface area contributed by atoms with Crippen LogP contribution in [0.1, 0.15) is 19.3 Å². The van der Waals surface area contributed by atoms with Crippen LogP contribution in [0.3, 0.4) is 0 Å². The molecule has 100 valence electrons. The van der Waals surface area contributed by atoms with Crippen molar-refractivity contribution in [2.45, 2.75) is 19.3 Å². The average Bonchev–Trinajstić information content (AvgIpc) is 2.33. The fourth-order valence-corrected chi connectivity index (χ4v) is 2.16. The van der Waals surface area contributed by atoms with Gasteiger partial charge < -0.3 is 20.7 Å². The molecule has 0 unspecified atom stereocenters. The number of nitrogens with two attached hydrogens (primary N) is 1. The summed E-state index contributed by atoms with van der Waals surface area (Å²) in [6.07, 6.45) is 2.90. The summed E-state index contributed by atoms with van der Waals surface area (Å²) in [6.45, 7) is 5.77. The van der Waals surface area contributed by atoms with Gasteiger partial charge in [0, 0.05) is 26.6 Å². The molecule has 17 heavy (non-hydrogen) atoms. The third-order valence-corrected chi connectivity index (χ3v) is 3.30. The van der Waals surface area contributed by atoms with E-state index in [1.165, 1.54) is 12.8 Å². The maximum absolute atomic E-state index is 10.7. The third-order valence-electron chi connectivity index (χ3n) is 3.30. The fraction of sp³-hybridized carbons (Fsp3) is 0.917. The Morgan fingerprint density at radius 2 is 2.18 bits per heavy atom. The van der Waals surface area contributed by atoms with Gasteiger partial charge in [0.1, 0.15) is 0 Å². The van der Waals surface area contributed by atoms with Crippen molar-refractivity contribution in [3.8, 4) is 0 Å². The molecule has 1 amide bonds. The zero-order valence-electron chi connectivity index (χ0n) is 10.8. The number of nitrogens with zero attached hydrogens (tertiary/aromatic N) is 1. The van der Waals surface area contributed by atoms with Crippen LogP contribution in [0, 0.1) is 5.92 Å². The summed E-state index contributed by atoms with van der Waals surface area (Å²) in [5.74, 6) is 0.560. The van der Waals surface area contributed by atoms with Gasteiger partial charge in [-0.15, -0.1) is 0 Å². The summed E-state index contributed by atoms with van der Waals surface area (Å²) < 4.78 is 4.99. The first-order valence-corrected chi connectivity index (χ1v) is 6.42. The smallest absolute Gasteiger partial charge is 0.218 e. The quantitative estimate of drug-likeness (QED) is 0.580. The third kappa shape index (κ3) is 6.61. The van der Waals surface area contributed by atoms with Crippen LogP contribution in [0.15, 0.2) is 0 Å². The number of primary amides is 1. The van der Waals surface area contributed by atoms with Gasteiger partial charge in [-0.2, -0.15) is 0 Å². The minimum atomic E-state index is -0.201. The Balaban J connectivity index is 2.03. The number of nitrogens with one attached hydrogen (secondary N) is 1. The maximum Gasteiger partial charge on any atom is 0.218 e. The fourth-order valence-electron chi connectivity index (χ4n) is 2.16. The first-order chi connectivity index (χ1) is 8.22. The molecule has 0 bridgehead atoms. The molecule has 5 heteroatoms. The molecule has 5 nitrogen and oxygen atoms in total. The largest absolute Gasteiger partial charge is 0.383 e. The van der Waals surface area contributed by atoms with Crippen LogP contribution in [0.2, 0.25) is 0 Å². The van der Waals surface area contributed by atoms with Gasteiger partial charge in [-0.25, -0.2) is 0 Å². The monoisotopic (exact) mass is 243 g/mol. The first-order valence-electron chi connectivity index (χ1n) is 6.42. The van der Waals surface area contributed by atoms with Crippen molar-refractivity contribution < 1.29 is 9.53 Å². The number of carbonyl (C=O) groups excluding carboxylic acids is 1. The summed E-state index contributed by atoms with van der Waals surface area (Å²) in [5.41, 5.74) is 5.14. The molecule has 0 saturated carbocycles. The Bertz CT molecular complexity index is 216. The molecule has 1 fully saturated rings. The second-order valence-corrected chi connectivity index (χ2v) is 4.70. The molecule has 0 aromatic heterocycles. The number of piperidine rings is 1. The van der Waals surface area contributed by atoms with Crippen molar-refractivity contribution in [1.82, 2.24) is 10.2 Å². The SMILES string of the molecule is COCCNCC1CCN(CCC(N)=O)CC1. The Kier molecular flexibility index (Phi) is 7.16. The Morgan fingerprint density at radius 3 is 2.76 bits per heavy atom. The van der Waals surface area contributed by atoms with Gasteiger partial charge in [0.25, 0.3) is 0 Å². The molecular formula is C12H25N3O2. The Morgan fingerprint density at radius 1 is 1.47 bits per heavy atom. The van der Waals surface area contributed by atoms with Crippen LogP contribution in [0.4, 0.5) is 0 Å². The molecule has 0 atom stereocenters. The van der Waals surface area contributed by atoms with E-state index >= 15 is 0 Å². The molecule has 1 saturated heterocycles. The topological polar surface area (TPSA) is 67.6 Å². The zero-order valence-corrected chi connectivity index (χ0v) is 10.8. The highest BCUT2D eigenvalue weighted by Gasteiger charge is 2.18. The van der Waals surface area contributed by atoms with Gasteiger partial charge in [0.15, 0.2) is 0 Å². The normalized spacial score (nSPS) is 18.4. The van der Waals surface area contributed by atoms with Crippen molar-refractivity contribution in [2.24, 2.45) is 11.7 Å². The van der Waals surface area contributed by atoms with Gasteiger partial charge in [-0.3, -0.25) is 4.79 Å². The summed E-state index contributed by atoms with van der Waals surface area (Å²) in [6, 6.07) is 0. The lowest BCUT2D eigenvalue weighted by Gasteiger charge is -2.31. The van der Waals surface area contributed by atoms with Crippen LogP contribution < -0.4 is 11.1 Å².